The van der Waals surface area contributed by atoms with Crippen LogP contribution in [-0.4, -0.2) is 25.7 Å². The van der Waals surface area contributed by atoms with E-state index in [1.54, 1.807) is 0 Å². The van der Waals surface area contributed by atoms with E-state index in [1.165, 1.54) is 11.8 Å². The minimum absolute atomic E-state index is 0.155. The molecule has 4 rings (SSSR count). The quantitative estimate of drug-likeness (QED) is 0.406. The monoisotopic (exact) mass is 443 g/mol. The number of benzene rings is 2. The number of anilines is 1. The zero-order valence-corrected chi connectivity index (χ0v) is 19.4. The fourth-order valence-corrected chi connectivity index (χ4v) is 4.44. The number of aryl methyl sites for hydroxylation is 3. The van der Waals surface area contributed by atoms with Gasteiger partial charge in [0, 0.05) is 27.7 Å². The average Bonchev–Trinajstić information content (AvgIpc) is 3.02. The van der Waals surface area contributed by atoms with Gasteiger partial charge in [-0.25, -0.2) is 9.97 Å². The molecule has 0 unspecified atom stereocenters. The minimum atomic E-state index is -0.155. The summed E-state index contributed by atoms with van der Waals surface area (Å²) in [5, 5.41) is 8.29. The van der Waals surface area contributed by atoms with E-state index in [-0.39, 0.29) is 5.91 Å². The Hall–Kier alpha value is -3.45. The maximum Gasteiger partial charge on any atom is 0.259 e. The molecule has 7 heteroatoms. The standard InChI is InChI=1S/C25H25N5OS/c1-16-14-17(2)27-25(26-16)32-22-12-10-21(11-13-22)28-24(31)23-18(3)29-30(19(23)4)15-20-8-6-5-7-9-20/h5-14H,15H2,1-4H3,(H,28,31). The molecule has 2 heterocycles. The van der Waals surface area contributed by atoms with Gasteiger partial charge >= 0.3 is 0 Å². The van der Waals surface area contributed by atoms with Crippen molar-refractivity contribution in [2.45, 2.75) is 44.3 Å². The normalized spacial score (nSPS) is 10.9. The van der Waals surface area contributed by atoms with Gasteiger partial charge in [-0.1, -0.05) is 30.3 Å². The molecule has 0 saturated carbocycles. The van der Waals surface area contributed by atoms with Gasteiger partial charge in [0.2, 0.25) is 0 Å². The number of carbonyl (C=O) groups is 1. The number of amides is 1. The van der Waals surface area contributed by atoms with Crippen LogP contribution in [0.1, 0.15) is 38.7 Å². The van der Waals surface area contributed by atoms with E-state index in [4.69, 9.17) is 0 Å². The lowest BCUT2D eigenvalue weighted by atomic mass is 10.1. The molecule has 1 amide bonds. The second kappa shape index (κ2) is 9.36. The molecule has 2 aromatic carbocycles. The Morgan fingerprint density at radius 1 is 0.938 bits per heavy atom. The number of rotatable bonds is 6. The van der Waals surface area contributed by atoms with Crippen LogP contribution in [0.5, 0.6) is 0 Å². The lowest BCUT2D eigenvalue weighted by molar-refractivity contribution is 0.102. The highest BCUT2D eigenvalue weighted by molar-refractivity contribution is 7.99. The molecular formula is C25H25N5OS. The third-order valence-corrected chi connectivity index (χ3v) is 5.94. The van der Waals surface area contributed by atoms with Gasteiger partial charge in [0.05, 0.1) is 17.8 Å². The maximum atomic E-state index is 13.0. The van der Waals surface area contributed by atoms with Crippen LogP contribution >= 0.6 is 11.8 Å². The van der Waals surface area contributed by atoms with Gasteiger partial charge in [0.1, 0.15) is 0 Å². The summed E-state index contributed by atoms with van der Waals surface area (Å²) in [7, 11) is 0. The van der Waals surface area contributed by atoms with Crippen LogP contribution in [0.2, 0.25) is 0 Å². The third kappa shape index (κ3) is 5.06. The molecule has 0 spiro atoms. The van der Waals surface area contributed by atoms with Crippen molar-refractivity contribution in [3.05, 3.63) is 94.6 Å². The van der Waals surface area contributed by atoms with Crippen molar-refractivity contribution in [1.29, 1.82) is 0 Å². The van der Waals surface area contributed by atoms with Gasteiger partial charge in [0.15, 0.2) is 5.16 Å². The molecule has 0 atom stereocenters. The van der Waals surface area contributed by atoms with Crippen LogP contribution < -0.4 is 5.32 Å². The van der Waals surface area contributed by atoms with E-state index >= 15 is 0 Å². The van der Waals surface area contributed by atoms with Gasteiger partial charge in [-0.05, 0) is 75.4 Å². The first-order valence-corrected chi connectivity index (χ1v) is 11.2. The number of hydrogen-bond donors (Lipinski definition) is 1. The molecule has 2 aromatic heterocycles. The molecule has 6 nitrogen and oxygen atoms in total. The lowest BCUT2D eigenvalue weighted by Crippen LogP contribution is -2.14. The summed E-state index contributed by atoms with van der Waals surface area (Å²) in [5.41, 5.74) is 5.95. The summed E-state index contributed by atoms with van der Waals surface area (Å²) in [6, 6.07) is 19.8. The topological polar surface area (TPSA) is 72.7 Å². The molecule has 0 saturated heterocycles. The largest absolute Gasteiger partial charge is 0.322 e. The molecule has 162 valence electrons. The summed E-state index contributed by atoms with van der Waals surface area (Å²) in [4.78, 5) is 22.9. The van der Waals surface area contributed by atoms with Crippen molar-refractivity contribution in [3.63, 3.8) is 0 Å². The smallest absolute Gasteiger partial charge is 0.259 e. The minimum Gasteiger partial charge on any atom is -0.322 e. The number of hydrogen-bond acceptors (Lipinski definition) is 5. The van der Waals surface area contributed by atoms with E-state index in [2.05, 4.69) is 32.5 Å². The molecule has 0 aliphatic rings. The Morgan fingerprint density at radius 2 is 1.59 bits per heavy atom. The molecule has 0 fully saturated rings. The van der Waals surface area contributed by atoms with Crippen molar-refractivity contribution in [2.24, 2.45) is 0 Å². The van der Waals surface area contributed by atoms with E-state index < -0.39 is 0 Å². The average molecular weight is 444 g/mol. The van der Waals surface area contributed by atoms with Gasteiger partial charge in [-0.3, -0.25) is 9.48 Å². The van der Waals surface area contributed by atoms with Gasteiger partial charge in [-0.2, -0.15) is 5.10 Å². The zero-order valence-electron chi connectivity index (χ0n) is 18.6. The zero-order chi connectivity index (χ0) is 22.7. The Bertz CT molecular complexity index is 1230. The van der Waals surface area contributed by atoms with Crippen molar-refractivity contribution in [3.8, 4) is 0 Å². The first-order chi connectivity index (χ1) is 15.4. The number of nitrogens with zero attached hydrogens (tertiary/aromatic N) is 4. The predicted molar refractivity (Wildman–Crippen MR) is 127 cm³/mol. The molecule has 0 aliphatic heterocycles. The van der Waals surface area contributed by atoms with E-state index in [1.807, 2.05) is 80.9 Å². The molecular weight excluding hydrogens is 418 g/mol. The molecule has 0 radical (unpaired) electrons. The van der Waals surface area contributed by atoms with Crippen molar-refractivity contribution >= 4 is 23.4 Å². The van der Waals surface area contributed by atoms with Crippen LogP contribution in [-0.2, 0) is 6.54 Å². The van der Waals surface area contributed by atoms with Crippen molar-refractivity contribution in [1.82, 2.24) is 19.7 Å². The Kier molecular flexibility index (Phi) is 6.37. The van der Waals surface area contributed by atoms with Crippen molar-refractivity contribution in [2.75, 3.05) is 5.32 Å². The summed E-state index contributed by atoms with van der Waals surface area (Å²) in [5.74, 6) is -0.155. The molecule has 4 aromatic rings. The third-order valence-electron chi connectivity index (χ3n) is 5.07. The van der Waals surface area contributed by atoms with E-state index in [0.29, 0.717) is 12.1 Å². The predicted octanol–water partition coefficient (Wildman–Crippen LogP) is 5.36. The number of nitrogens with one attached hydrogen (secondary N) is 1. The number of aromatic nitrogens is 4. The SMILES string of the molecule is Cc1cc(C)nc(Sc2ccc(NC(=O)c3c(C)nn(Cc4ccccc4)c3C)cc2)n1. The summed E-state index contributed by atoms with van der Waals surface area (Å²) < 4.78 is 1.88. The summed E-state index contributed by atoms with van der Waals surface area (Å²) in [6.07, 6.45) is 0. The lowest BCUT2D eigenvalue weighted by Gasteiger charge is -2.08. The molecule has 1 N–H and O–H groups in total. The van der Waals surface area contributed by atoms with Crippen LogP contribution in [0.3, 0.4) is 0 Å². The van der Waals surface area contributed by atoms with Gasteiger partial charge in [-0.15, -0.1) is 0 Å². The van der Waals surface area contributed by atoms with E-state index in [0.717, 1.165) is 44.1 Å². The second-order valence-electron chi connectivity index (χ2n) is 7.70. The summed E-state index contributed by atoms with van der Waals surface area (Å²) >= 11 is 1.50. The first kappa shape index (κ1) is 21.8. The Balaban J connectivity index is 1.46. The molecule has 32 heavy (non-hydrogen) atoms. The highest BCUT2D eigenvalue weighted by Crippen LogP contribution is 2.26. The van der Waals surface area contributed by atoms with Crippen LogP contribution in [0, 0.1) is 27.7 Å². The van der Waals surface area contributed by atoms with Crippen LogP contribution in [0.15, 0.2) is 70.7 Å². The van der Waals surface area contributed by atoms with Crippen molar-refractivity contribution < 1.29 is 4.79 Å². The molecule has 0 aliphatic carbocycles. The fraction of sp³-hybridized carbons (Fsp3) is 0.200. The fourth-order valence-electron chi connectivity index (χ4n) is 3.58. The Labute approximate surface area is 192 Å². The van der Waals surface area contributed by atoms with Gasteiger partial charge in [0.25, 0.3) is 5.91 Å². The highest BCUT2D eigenvalue weighted by Gasteiger charge is 2.19. The van der Waals surface area contributed by atoms with Gasteiger partial charge < -0.3 is 5.32 Å². The van der Waals surface area contributed by atoms with E-state index in [9.17, 15) is 4.79 Å². The summed E-state index contributed by atoms with van der Waals surface area (Å²) in [6.45, 7) is 8.36. The Morgan fingerprint density at radius 3 is 2.25 bits per heavy atom. The number of carbonyl (C=O) groups excluding carboxylic acids is 1. The first-order valence-electron chi connectivity index (χ1n) is 10.4. The highest BCUT2D eigenvalue weighted by atomic mass is 32.2. The second-order valence-corrected chi connectivity index (χ2v) is 8.74. The van der Waals surface area contributed by atoms with Crippen LogP contribution in [0.4, 0.5) is 5.69 Å². The molecule has 0 bridgehead atoms. The maximum absolute atomic E-state index is 13.0. The van der Waals surface area contributed by atoms with Crippen LogP contribution in [0.25, 0.3) is 0 Å².